The Morgan fingerprint density at radius 3 is 2.89 bits per heavy atom. The van der Waals surface area contributed by atoms with Crippen LogP contribution in [0.2, 0.25) is 0 Å². The lowest BCUT2D eigenvalue weighted by Gasteiger charge is -2.15. The Morgan fingerprint density at radius 2 is 2.11 bits per heavy atom. The summed E-state index contributed by atoms with van der Waals surface area (Å²) in [5.74, 6) is 0.237. The number of thioether (sulfide) groups is 1. The first-order valence-corrected chi connectivity index (χ1v) is 7.67. The summed E-state index contributed by atoms with van der Waals surface area (Å²) in [6, 6.07) is 6.93. The van der Waals surface area contributed by atoms with Crippen LogP contribution in [0.25, 0.3) is 0 Å². The van der Waals surface area contributed by atoms with Gasteiger partial charge < -0.3 is 5.32 Å². The molecule has 0 spiro atoms. The van der Waals surface area contributed by atoms with Crippen molar-refractivity contribution in [2.24, 2.45) is 0 Å². The third-order valence-electron chi connectivity index (χ3n) is 3.89. The second-order valence-electron chi connectivity index (χ2n) is 5.41. The molecule has 0 aromatic heterocycles. The van der Waals surface area contributed by atoms with Gasteiger partial charge in [-0.05, 0) is 37.8 Å². The number of hydrogen-bond donors (Lipinski definition) is 1. The maximum Gasteiger partial charge on any atom is 0.234 e. The van der Waals surface area contributed by atoms with Gasteiger partial charge >= 0.3 is 0 Å². The van der Waals surface area contributed by atoms with Crippen LogP contribution in [0.5, 0.6) is 0 Å². The smallest absolute Gasteiger partial charge is 0.234 e. The molecule has 3 rings (SSSR count). The number of benzene rings is 1. The van der Waals surface area contributed by atoms with E-state index in [1.165, 1.54) is 28.9 Å². The summed E-state index contributed by atoms with van der Waals surface area (Å²) < 4.78 is 0. The number of hydrogen-bond acceptors (Lipinski definition) is 2. The van der Waals surface area contributed by atoms with Gasteiger partial charge in [0.15, 0.2) is 0 Å². The first-order chi connectivity index (χ1) is 8.72. The molecule has 1 aromatic rings. The largest absolute Gasteiger partial charge is 0.352 e. The molecule has 18 heavy (non-hydrogen) atoms. The summed E-state index contributed by atoms with van der Waals surface area (Å²) in [4.78, 5) is 13.5. The van der Waals surface area contributed by atoms with Crippen molar-refractivity contribution in [3.05, 3.63) is 29.3 Å². The molecule has 2 aliphatic rings. The Bertz CT molecular complexity index is 466. The van der Waals surface area contributed by atoms with E-state index in [1.807, 2.05) is 0 Å². The summed E-state index contributed by atoms with van der Waals surface area (Å²) in [6.45, 7) is 2.10. The third kappa shape index (κ3) is 2.41. The lowest BCUT2D eigenvalue weighted by molar-refractivity contribution is -0.121. The van der Waals surface area contributed by atoms with Crippen molar-refractivity contribution < 1.29 is 4.79 Å². The Morgan fingerprint density at radius 1 is 1.33 bits per heavy atom. The molecule has 1 aliphatic heterocycles. The van der Waals surface area contributed by atoms with Crippen LogP contribution < -0.4 is 5.32 Å². The van der Waals surface area contributed by atoms with Crippen molar-refractivity contribution in [3.8, 4) is 0 Å². The van der Waals surface area contributed by atoms with Crippen molar-refractivity contribution in [1.29, 1.82) is 0 Å². The van der Waals surface area contributed by atoms with E-state index in [0.717, 1.165) is 19.3 Å². The maximum absolute atomic E-state index is 12.2. The van der Waals surface area contributed by atoms with Gasteiger partial charge in [-0.3, -0.25) is 4.79 Å². The molecule has 2 nitrogen and oxygen atoms in total. The molecule has 0 saturated heterocycles. The molecule has 1 saturated carbocycles. The number of aryl methyl sites for hydroxylation is 1. The molecular formula is C15H19NOS. The number of amides is 1. The zero-order valence-corrected chi connectivity index (χ0v) is 11.6. The lowest BCUT2D eigenvalue weighted by atomic mass is 10.1. The molecule has 1 amide bonds. The van der Waals surface area contributed by atoms with Crippen LogP contribution in [-0.2, 0) is 11.2 Å². The van der Waals surface area contributed by atoms with Gasteiger partial charge in [0.05, 0.1) is 5.25 Å². The summed E-state index contributed by atoms with van der Waals surface area (Å²) in [5.41, 5.74) is 2.61. The van der Waals surface area contributed by atoms with Crippen molar-refractivity contribution >= 4 is 17.7 Å². The van der Waals surface area contributed by atoms with Gasteiger partial charge in [-0.2, -0.15) is 0 Å². The first kappa shape index (κ1) is 12.1. The fourth-order valence-corrected chi connectivity index (χ4v) is 4.15. The monoisotopic (exact) mass is 261 g/mol. The van der Waals surface area contributed by atoms with Crippen LogP contribution in [0.1, 0.15) is 36.8 Å². The van der Waals surface area contributed by atoms with Crippen LogP contribution in [0.15, 0.2) is 23.1 Å². The molecule has 0 radical (unpaired) electrons. The minimum atomic E-state index is 0.0856. The molecule has 1 fully saturated rings. The summed E-state index contributed by atoms with van der Waals surface area (Å²) in [5, 5.41) is 3.30. The fourth-order valence-electron chi connectivity index (χ4n) is 2.85. The second kappa shape index (κ2) is 4.96. The Hall–Kier alpha value is -0.960. The Balaban J connectivity index is 1.64. The molecule has 0 bridgehead atoms. The van der Waals surface area contributed by atoms with Gasteiger partial charge in [-0.25, -0.2) is 0 Å². The normalized spacial score (nSPS) is 23.1. The van der Waals surface area contributed by atoms with E-state index >= 15 is 0 Å². The molecule has 1 heterocycles. The minimum Gasteiger partial charge on any atom is -0.352 e. The zero-order chi connectivity index (χ0) is 12.5. The molecule has 1 aromatic carbocycles. The first-order valence-electron chi connectivity index (χ1n) is 6.79. The predicted octanol–water partition coefficient (Wildman–Crippen LogP) is 3.07. The van der Waals surface area contributed by atoms with Crippen molar-refractivity contribution in [2.45, 2.75) is 55.2 Å². The standard InChI is InChI=1S/C15H19NOS/c1-10-6-7-11-9-14(18-13(11)8-10)15(17)16-12-4-2-3-5-12/h6-8,12,14H,2-5,9H2,1H3,(H,16,17)/t14-/m1/s1. The molecule has 0 unspecified atom stereocenters. The average Bonchev–Trinajstić information content (AvgIpc) is 2.96. The van der Waals surface area contributed by atoms with Gasteiger partial charge in [-0.1, -0.05) is 30.5 Å². The fraction of sp³-hybridized carbons (Fsp3) is 0.533. The minimum absolute atomic E-state index is 0.0856. The van der Waals surface area contributed by atoms with E-state index in [4.69, 9.17) is 0 Å². The molecule has 1 N–H and O–H groups in total. The number of carbonyl (C=O) groups excluding carboxylic acids is 1. The third-order valence-corrected chi connectivity index (χ3v) is 5.19. The van der Waals surface area contributed by atoms with Crippen LogP contribution in [0, 0.1) is 6.92 Å². The zero-order valence-electron chi connectivity index (χ0n) is 10.7. The highest BCUT2D eigenvalue weighted by Crippen LogP contribution is 2.37. The van der Waals surface area contributed by atoms with Gasteiger partial charge in [0, 0.05) is 10.9 Å². The van der Waals surface area contributed by atoms with Gasteiger partial charge in [0.25, 0.3) is 0 Å². The van der Waals surface area contributed by atoms with Gasteiger partial charge in [-0.15, -0.1) is 11.8 Å². The van der Waals surface area contributed by atoms with Gasteiger partial charge in [0.1, 0.15) is 0 Å². The van der Waals surface area contributed by atoms with E-state index in [2.05, 4.69) is 30.4 Å². The predicted molar refractivity (Wildman–Crippen MR) is 74.9 cm³/mol. The van der Waals surface area contributed by atoms with Crippen molar-refractivity contribution in [2.75, 3.05) is 0 Å². The topological polar surface area (TPSA) is 29.1 Å². The Labute approximate surface area is 113 Å². The quantitative estimate of drug-likeness (QED) is 0.886. The van der Waals surface area contributed by atoms with Crippen LogP contribution in [0.3, 0.4) is 0 Å². The SMILES string of the molecule is Cc1ccc2c(c1)S[C@@H](C(=O)NC1CCCC1)C2. The molecule has 1 atom stereocenters. The molecular weight excluding hydrogens is 242 g/mol. The second-order valence-corrected chi connectivity index (χ2v) is 6.66. The molecule has 1 aliphatic carbocycles. The Kier molecular flexibility index (Phi) is 3.33. The molecule has 96 valence electrons. The summed E-state index contributed by atoms with van der Waals surface area (Å²) in [6.07, 6.45) is 5.74. The van der Waals surface area contributed by atoms with Crippen molar-refractivity contribution in [1.82, 2.24) is 5.32 Å². The summed E-state index contributed by atoms with van der Waals surface area (Å²) in [7, 11) is 0. The number of carbonyl (C=O) groups is 1. The molecule has 3 heteroatoms. The van der Waals surface area contributed by atoms with Crippen LogP contribution in [-0.4, -0.2) is 17.2 Å². The maximum atomic E-state index is 12.2. The van der Waals surface area contributed by atoms with E-state index in [-0.39, 0.29) is 11.2 Å². The van der Waals surface area contributed by atoms with E-state index < -0.39 is 0 Å². The van der Waals surface area contributed by atoms with E-state index in [1.54, 1.807) is 11.8 Å². The number of nitrogens with one attached hydrogen (secondary N) is 1. The van der Waals surface area contributed by atoms with E-state index in [0.29, 0.717) is 6.04 Å². The van der Waals surface area contributed by atoms with Crippen LogP contribution >= 0.6 is 11.8 Å². The van der Waals surface area contributed by atoms with Crippen LogP contribution in [0.4, 0.5) is 0 Å². The summed E-state index contributed by atoms with van der Waals surface area (Å²) >= 11 is 1.73. The lowest BCUT2D eigenvalue weighted by Crippen LogP contribution is -2.38. The average molecular weight is 261 g/mol. The highest BCUT2D eigenvalue weighted by molar-refractivity contribution is 8.01. The highest BCUT2D eigenvalue weighted by Gasteiger charge is 2.30. The number of fused-ring (bicyclic) bond motifs is 1. The highest BCUT2D eigenvalue weighted by atomic mass is 32.2. The number of rotatable bonds is 2. The van der Waals surface area contributed by atoms with Gasteiger partial charge in [0.2, 0.25) is 5.91 Å². The van der Waals surface area contributed by atoms with E-state index in [9.17, 15) is 4.79 Å². The van der Waals surface area contributed by atoms with Crippen molar-refractivity contribution in [3.63, 3.8) is 0 Å².